The van der Waals surface area contributed by atoms with E-state index in [0.717, 1.165) is 12.3 Å². The molecule has 17 heavy (non-hydrogen) atoms. The predicted molar refractivity (Wildman–Crippen MR) is 72.7 cm³/mol. The summed E-state index contributed by atoms with van der Waals surface area (Å²) < 4.78 is 1.85. The van der Waals surface area contributed by atoms with E-state index < -0.39 is 0 Å². The topological polar surface area (TPSA) is 55.9 Å². The highest BCUT2D eigenvalue weighted by Gasteiger charge is 2.19. The van der Waals surface area contributed by atoms with Crippen LogP contribution >= 0.6 is 11.8 Å². The van der Waals surface area contributed by atoms with Crippen LogP contribution in [0.5, 0.6) is 0 Å². The van der Waals surface area contributed by atoms with Crippen molar-refractivity contribution in [1.82, 2.24) is 15.2 Å². The van der Waals surface area contributed by atoms with Gasteiger partial charge in [-0.25, -0.2) is 0 Å². The van der Waals surface area contributed by atoms with Gasteiger partial charge in [0.1, 0.15) is 0 Å². The highest BCUT2D eigenvalue weighted by atomic mass is 32.2. The second kappa shape index (κ2) is 6.42. The second-order valence-corrected chi connectivity index (χ2v) is 6.11. The second-order valence-electron chi connectivity index (χ2n) is 4.88. The fourth-order valence-electron chi connectivity index (χ4n) is 2.46. The van der Waals surface area contributed by atoms with Crippen molar-refractivity contribution in [2.24, 2.45) is 18.8 Å². The van der Waals surface area contributed by atoms with Crippen molar-refractivity contribution in [1.29, 1.82) is 0 Å². The highest BCUT2D eigenvalue weighted by Crippen LogP contribution is 2.26. The lowest BCUT2D eigenvalue weighted by Crippen LogP contribution is -2.38. The summed E-state index contributed by atoms with van der Waals surface area (Å²) in [5.41, 5.74) is 4.23. The molecule has 0 amide bonds. The lowest BCUT2D eigenvalue weighted by molar-refractivity contribution is 0.365. The third kappa shape index (κ3) is 4.01. The van der Waals surface area contributed by atoms with Crippen LogP contribution in [0.3, 0.4) is 0 Å². The van der Waals surface area contributed by atoms with Gasteiger partial charge in [0.05, 0.1) is 6.20 Å². The maximum Gasteiger partial charge on any atom is 0.0522 e. The number of hydrogen-bond acceptors (Lipinski definition) is 4. The minimum atomic E-state index is 0.382. The van der Waals surface area contributed by atoms with Crippen LogP contribution in [0.2, 0.25) is 0 Å². The monoisotopic (exact) mass is 254 g/mol. The van der Waals surface area contributed by atoms with E-state index in [2.05, 4.69) is 28.5 Å². The molecule has 3 N–H and O–H groups in total. The van der Waals surface area contributed by atoms with Gasteiger partial charge in [0, 0.05) is 19.3 Å². The predicted octanol–water partition coefficient (Wildman–Crippen LogP) is 1.33. The number of nitrogens with two attached hydrogens (primary N) is 1. The Kier molecular flexibility index (Phi) is 4.88. The van der Waals surface area contributed by atoms with Crippen LogP contribution in [0.1, 0.15) is 24.8 Å². The van der Waals surface area contributed by atoms with E-state index in [4.69, 9.17) is 5.84 Å². The average molecular weight is 254 g/mol. The van der Waals surface area contributed by atoms with Gasteiger partial charge in [-0.1, -0.05) is 0 Å². The molecule has 1 aliphatic heterocycles. The molecule has 1 aromatic heterocycles. The molecule has 0 radical (unpaired) electrons. The van der Waals surface area contributed by atoms with Crippen LogP contribution < -0.4 is 11.3 Å². The lowest BCUT2D eigenvalue weighted by Gasteiger charge is -2.25. The van der Waals surface area contributed by atoms with Gasteiger partial charge < -0.3 is 0 Å². The van der Waals surface area contributed by atoms with E-state index in [1.165, 1.54) is 36.3 Å². The van der Waals surface area contributed by atoms with E-state index in [0.29, 0.717) is 6.04 Å². The zero-order valence-electron chi connectivity index (χ0n) is 10.4. The first-order valence-electron chi connectivity index (χ1n) is 6.29. The number of rotatable bonds is 5. The van der Waals surface area contributed by atoms with Gasteiger partial charge in [-0.15, -0.1) is 0 Å². The zero-order chi connectivity index (χ0) is 12.1. The number of hydrogen-bond donors (Lipinski definition) is 2. The third-order valence-electron chi connectivity index (χ3n) is 3.43. The fraction of sp³-hybridized carbons (Fsp3) is 0.750. The van der Waals surface area contributed by atoms with Gasteiger partial charge >= 0.3 is 0 Å². The van der Waals surface area contributed by atoms with Crippen molar-refractivity contribution in [2.75, 3.05) is 11.5 Å². The molecule has 1 atom stereocenters. The number of aromatic nitrogens is 2. The molecule has 0 aliphatic carbocycles. The summed E-state index contributed by atoms with van der Waals surface area (Å²) in [6.07, 6.45) is 8.85. The van der Waals surface area contributed by atoms with E-state index >= 15 is 0 Å². The van der Waals surface area contributed by atoms with Crippen molar-refractivity contribution >= 4 is 11.8 Å². The van der Waals surface area contributed by atoms with Crippen LogP contribution in [-0.4, -0.2) is 27.3 Å². The van der Waals surface area contributed by atoms with Crippen LogP contribution in [0.15, 0.2) is 12.4 Å². The van der Waals surface area contributed by atoms with E-state index in [1.807, 2.05) is 17.9 Å². The van der Waals surface area contributed by atoms with Gasteiger partial charge in [-0.2, -0.15) is 16.9 Å². The number of nitrogens with zero attached hydrogens (tertiary/aromatic N) is 2. The largest absolute Gasteiger partial charge is 0.276 e. The molecule has 2 rings (SSSR count). The first-order valence-corrected chi connectivity index (χ1v) is 7.45. The van der Waals surface area contributed by atoms with Crippen molar-refractivity contribution in [3.8, 4) is 0 Å². The highest BCUT2D eigenvalue weighted by molar-refractivity contribution is 7.99. The fourth-order valence-corrected chi connectivity index (χ4v) is 3.66. The summed E-state index contributed by atoms with van der Waals surface area (Å²) in [6.45, 7) is 0. The van der Waals surface area contributed by atoms with Gasteiger partial charge in [0.15, 0.2) is 0 Å². The average Bonchev–Trinajstić information content (AvgIpc) is 2.75. The Morgan fingerprint density at radius 1 is 1.59 bits per heavy atom. The van der Waals surface area contributed by atoms with Crippen molar-refractivity contribution in [3.63, 3.8) is 0 Å². The molecule has 4 nitrogen and oxygen atoms in total. The first kappa shape index (κ1) is 12.9. The molecule has 1 fully saturated rings. The Labute approximate surface area is 107 Å². The van der Waals surface area contributed by atoms with Gasteiger partial charge in [0.2, 0.25) is 0 Å². The Morgan fingerprint density at radius 2 is 2.35 bits per heavy atom. The SMILES string of the molecule is Cn1cc(CC(CC2CCSCC2)NN)cn1. The summed E-state index contributed by atoms with van der Waals surface area (Å²) in [6, 6.07) is 0.382. The molecule has 0 saturated carbocycles. The standard InChI is InChI=1S/C12H22N4S/c1-16-9-11(8-14-16)7-12(15-13)6-10-2-4-17-5-3-10/h8-10,12,15H,2-7,13H2,1H3. The number of hydrazine groups is 1. The Hall–Kier alpha value is -0.520. The number of aryl methyl sites for hydroxylation is 1. The maximum atomic E-state index is 5.66. The molecule has 1 aliphatic rings. The summed E-state index contributed by atoms with van der Waals surface area (Å²) in [5, 5.41) is 4.20. The molecule has 5 heteroatoms. The summed E-state index contributed by atoms with van der Waals surface area (Å²) in [7, 11) is 1.95. The normalized spacial score (nSPS) is 19.4. The molecule has 0 aromatic carbocycles. The Balaban J connectivity index is 1.83. The first-order chi connectivity index (χ1) is 8.28. The quantitative estimate of drug-likeness (QED) is 0.615. The van der Waals surface area contributed by atoms with Crippen LogP contribution in [0, 0.1) is 5.92 Å². The van der Waals surface area contributed by atoms with Gasteiger partial charge in [0.25, 0.3) is 0 Å². The van der Waals surface area contributed by atoms with Gasteiger partial charge in [-0.3, -0.25) is 16.0 Å². The van der Waals surface area contributed by atoms with Crippen molar-refractivity contribution in [3.05, 3.63) is 18.0 Å². The molecule has 0 spiro atoms. The minimum absolute atomic E-state index is 0.382. The number of nitrogens with one attached hydrogen (secondary N) is 1. The zero-order valence-corrected chi connectivity index (χ0v) is 11.2. The van der Waals surface area contributed by atoms with E-state index in [9.17, 15) is 0 Å². The lowest BCUT2D eigenvalue weighted by atomic mass is 9.92. The minimum Gasteiger partial charge on any atom is -0.276 e. The van der Waals surface area contributed by atoms with E-state index in [1.54, 1.807) is 0 Å². The molecular formula is C12H22N4S. The summed E-state index contributed by atoms with van der Waals surface area (Å²) in [4.78, 5) is 0. The van der Waals surface area contributed by atoms with Gasteiger partial charge in [-0.05, 0) is 48.7 Å². The summed E-state index contributed by atoms with van der Waals surface area (Å²) >= 11 is 2.08. The molecular weight excluding hydrogens is 232 g/mol. The molecule has 0 bridgehead atoms. The molecule has 2 heterocycles. The third-order valence-corrected chi connectivity index (χ3v) is 4.48. The van der Waals surface area contributed by atoms with Crippen LogP contribution in [-0.2, 0) is 13.5 Å². The number of thioether (sulfide) groups is 1. The van der Waals surface area contributed by atoms with Crippen LogP contribution in [0.4, 0.5) is 0 Å². The van der Waals surface area contributed by atoms with Crippen molar-refractivity contribution < 1.29 is 0 Å². The molecule has 1 unspecified atom stereocenters. The van der Waals surface area contributed by atoms with Crippen molar-refractivity contribution in [2.45, 2.75) is 31.7 Å². The summed E-state index contributed by atoms with van der Waals surface area (Å²) in [5.74, 6) is 9.13. The molecule has 1 aromatic rings. The van der Waals surface area contributed by atoms with Crippen LogP contribution in [0.25, 0.3) is 0 Å². The smallest absolute Gasteiger partial charge is 0.0522 e. The molecule has 96 valence electrons. The molecule has 1 saturated heterocycles. The maximum absolute atomic E-state index is 5.66. The van der Waals surface area contributed by atoms with E-state index in [-0.39, 0.29) is 0 Å². The Morgan fingerprint density at radius 3 is 2.94 bits per heavy atom. The Bertz CT molecular complexity index is 333.